The van der Waals surface area contributed by atoms with Crippen LogP contribution < -0.4 is 0 Å². The molecule has 20 heavy (non-hydrogen) atoms. The molecule has 0 bridgehead atoms. The monoisotopic (exact) mass is 268 g/mol. The Morgan fingerprint density at radius 3 is 2.10 bits per heavy atom. The first-order valence-corrected chi connectivity index (χ1v) is 6.50. The highest BCUT2D eigenvalue weighted by atomic mass is 16.6. The average molecular weight is 268 g/mol. The van der Waals surface area contributed by atoms with Crippen molar-refractivity contribution < 1.29 is 14.3 Å². The second kappa shape index (κ2) is 6.66. The van der Waals surface area contributed by atoms with Crippen LogP contribution in [-0.4, -0.2) is 11.9 Å². The number of rotatable bonds is 4. The molecule has 0 fully saturated rings. The molecule has 0 aromatic heterocycles. The number of hydrogen-bond donors (Lipinski definition) is 0. The van der Waals surface area contributed by atoms with Gasteiger partial charge in [-0.25, -0.2) is 0 Å². The SMILES string of the molecule is C[C@H](C(=O)OC(=O)Cc1ccccc1)c1ccccc1. The van der Waals surface area contributed by atoms with Crippen molar-refractivity contribution in [3.8, 4) is 0 Å². The first kappa shape index (κ1) is 14.0. The number of hydrogen-bond acceptors (Lipinski definition) is 3. The van der Waals surface area contributed by atoms with E-state index in [0.717, 1.165) is 11.1 Å². The normalized spacial score (nSPS) is 11.7. The second-order valence-electron chi connectivity index (χ2n) is 4.59. The molecule has 2 aromatic rings. The Morgan fingerprint density at radius 2 is 1.50 bits per heavy atom. The van der Waals surface area contributed by atoms with Crippen molar-refractivity contribution in [1.82, 2.24) is 0 Å². The maximum atomic E-state index is 11.9. The molecule has 0 N–H and O–H groups in total. The molecule has 0 radical (unpaired) electrons. The van der Waals surface area contributed by atoms with Crippen LogP contribution in [0.1, 0.15) is 24.0 Å². The summed E-state index contributed by atoms with van der Waals surface area (Å²) in [6.45, 7) is 1.73. The third-order valence-corrected chi connectivity index (χ3v) is 3.06. The summed E-state index contributed by atoms with van der Waals surface area (Å²) < 4.78 is 4.89. The van der Waals surface area contributed by atoms with Crippen molar-refractivity contribution in [2.45, 2.75) is 19.3 Å². The highest BCUT2D eigenvalue weighted by molar-refractivity contribution is 5.90. The zero-order valence-corrected chi connectivity index (χ0v) is 11.3. The van der Waals surface area contributed by atoms with Crippen LogP contribution >= 0.6 is 0 Å². The molecule has 0 aliphatic rings. The van der Waals surface area contributed by atoms with Crippen molar-refractivity contribution in [3.05, 3.63) is 71.8 Å². The maximum Gasteiger partial charge on any atom is 0.320 e. The van der Waals surface area contributed by atoms with Crippen LogP contribution in [0.15, 0.2) is 60.7 Å². The lowest BCUT2D eigenvalue weighted by Crippen LogP contribution is -2.19. The summed E-state index contributed by atoms with van der Waals surface area (Å²) in [4.78, 5) is 23.6. The van der Waals surface area contributed by atoms with E-state index in [4.69, 9.17) is 4.74 Å². The Balaban J connectivity index is 1.93. The Labute approximate surface area is 118 Å². The third kappa shape index (κ3) is 3.79. The van der Waals surface area contributed by atoms with E-state index in [1.54, 1.807) is 6.92 Å². The molecule has 2 rings (SSSR count). The third-order valence-electron chi connectivity index (χ3n) is 3.06. The predicted molar refractivity (Wildman–Crippen MR) is 76.1 cm³/mol. The summed E-state index contributed by atoms with van der Waals surface area (Å²) in [6.07, 6.45) is 0.105. The highest BCUT2D eigenvalue weighted by Gasteiger charge is 2.19. The standard InChI is InChI=1S/C17H16O3/c1-13(15-10-6-3-7-11-15)17(19)20-16(18)12-14-8-4-2-5-9-14/h2-11,13H,12H2,1H3/t13-/m0/s1. The van der Waals surface area contributed by atoms with E-state index in [1.165, 1.54) is 0 Å². The molecule has 1 atom stereocenters. The Morgan fingerprint density at radius 1 is 0.950 bits per heavy atom. The van der Waals surface area contributed by atoms with Gasteiger partial charge in [0.2, 0.25) is 0 Å². The van der Waals surface area contributed by atoms with Gasteiger partial charge in [0.1, 0.15) is 0 Å². The predicted octanol–water partition coefficient (Wildman–Crippen LogP) is 3.10. The first-order chi connectivity index (χ1) is 9.66. The molecular weight excluding hydrogens is 252 g/mol. The van der Waals surface area contributed by atoms with Gasteiger partial charge in [-0.1, -0.05) is 60.7 Å². The fourth-order valence-electron chi connectivity index (χ4n) is 1.88. The highest BCUT2D eigenvalue weighted by Crippen LogP contribution is 2.16. The van der Waals surface area contributed by atoms with Gasteiger partial charge in [-0.15, -0.1) is 0 Å². The van der Waals surface area contributed by atoms with Gasteiger partial charge in [0.15, 0.2) is 0 Å². The lowest BCUT2D eigenvalue weighted by Gasteiger charge is -2.10. The number of ether oxygens (including phenoxy) is 1. The van der Waals surface area contributed by atoms with Crippen LogP contribution in [-0.2, 0) is 20.7 Å². The summed E-state index contributed by atoms with van der Waals surface area (Å²) in [7, 11) is 0. The summed E-state index contributed by atoms with van der Waals surface area (Å²) in [6, 6.07) is 18.5. The minimum atomic E-state index is -0.524. The summed E-state index contributed by atoms with van der Waals surface area (Å²) in [5, 5.41) is 0. The molecule has 102 valence electrons. The quantitative estimate of drug-likeness (QED) is 0.632. The van der Waals surface area contributed by atoms with E-state index in [9.17, 15) is 9.59 Å². The summed E-state index contributed by atoms with van der Waals surface area (Å²) in [5.74, 6) is -1.49. The van der Waals surface area contributed by atoms with Crippen molar-refractivity contribution in [2.75, 3.05) is 0 Å². The van der Waals surface area contributed by atoms with E-state index < -0.39 is 17.9 Å². The van der Waals surface area contributed by atoms with Gasteiger partial charge < -0.3 is 4.74 Å². The lowest BCUT2D eigenvalue weighted by molar-refractivity contribution is -0.160. The van der Waals surface area contributed by atoms with Crippen molar-refractivity contribution in [3.63, 3.8) is 0 Å². The van der Waals surface area contributed by atoms with Crippen LogP contribution in [0.4, 0.5) is 0 Å². The van der Waals surface area contributed by atoms with Crippen LogP contribution in [0, 0.1) is 0 Å². The van der Waals surface area contributed by atoms with E-state index in [0.29, 0.717) is 0 Å². The molecule has 0 heterocycles. The van der Waals surface area contributed by atoms with Crippen molar-refractivity contribution >= 4 is 11.9 Å². The summed E-state index contributed by atoms with van der Waals surface area (Å²) >= 11 is 0. The molecule has 0 spiro atoms. The largest absolute Gasteiger partial charge is 0.392 e. The molecule has 0 unspecified atom stereocenters. The number of carbonyl (C=O) groups excluding carboxylic acids is 2. The fourth-order valence-corrected chi connectivity index (χ4v) is 1.88. The van der Waals surface area contributed by atoms with Gasteiger partial charge in [0.25, 0.3) is 0 Å². The number of esters is 2. The van der Waals surface area contributed by atoms with Crippen LogP contribution in [0.3, 0.4) is 0 Å². The molecule has 2 aromatic carbocycles. The van der Waals surface area contributed by atoms with E-state index in [1.807, 2.05) is 60.7 Å². The molecule has 0 saturated carbocycles. The fraction of sp³-hybridized carbons (Fsp3) is 0.176. The Hall–Kier alpha value is -2.42. The smallest absolute Gasteiger partial charge is 0.320 e. The second-order valence-corrected chi connectivity index (χ2v) is 4.59. The van der Waals surface area contributed by atoms with Gasteiger partial charge in [-0.3, -0.25) is 9.59 Å². The van der Waals surface area contributed by atoms with Crippen LogP contribution in [0.25, 0.3) is 0 Å². The van der Waals surface area contributed by atoms with E-state index in [-0.39, 0.29) is 6.42 Å². The molecule has 3 heteroatoms. The topological polar surface area (TPSA) is 43.4 Å². The zero-order chi connectivity index (χ0) is 14.4. The van der Waals surface area contributed by atoms with E-state index in [2.05, 4.69) is 0 Å². The summed E-state index contributed by atoms with van der Waals surface area (Å²) in [5.41, 5.74) is 1.67. The average Bonchev–Trinajstić information content (AvgIpc) is 2.48. The molecular formula is C17H16O3. The van der Waals surface area contributed by atoms with Crippen LogP contribution in [0.2, 0.25) is 0 Å². The number of carbonyl (C=O) groups is 2. The molecule has 3 nitrogen and oxygen atoms in total. The molecule has 0 aliphatic heterocycles. The van der Waals surface area contributed by atoms with Gasteiger partial charge in [-0.05, 0) is 18.1 Å². The minimum Gasteiger partial charge on any atom is -0.392 e. The van der Waals surface area contributed by atoms with Crippen molar-refractivity contribution in [1.29, 1.82) is 0 Å². The minimum absolute atomic E-state index is 0.105. The molecule has 0 amide bonds. The van der Waals surface area contributed by atoms with Crippen molar-refractivity contribution in [2.24, 2.45) is 0 Å². The lowest BCUT2D eigenvalue weighted by atomic mass is 10.0. The van der Waals surface area contributed by atoms with Gasteiger partial charge in [0.05, 0.1) is 12.3 Å². The van der Waals surface area contributed by atoms with Gasteiger partial charge in [0, 0.05) is 0 Å². The maximum absolute atomic E-state index is 11.9. The molecule has 0 saturated heterocycles. The zero-order valence-electron chi connectivity index (χ0n) is 11.3. The van der Waals surface area contributed by atoms with Gasteiger partial charge >= 0.3 is 11.9 Å². The first-order valence-electron chi connectivity index (χ1n) is 6.50. The molecule has 0 aliphatic carbocycles. The van der Waals surface area contributed by atoms with E-state index >= 15 is 0 Å². The number of benzene rings is 2. The van der Waals surface area contributed by atoms with Gasteiger partial charge in [-0.2, -0.15) is 0 Å². The Kier molecular flexibility index (Phi) is 4.66. The Bertz CT molecular complexity index is 576. The van der Waals surface area contributed by atoms with Crippen LogP contribution in [0.5, 0.6) is 0 Å².